The Morgan fingerprint density at radius 2 is 1.89 bits per heavy atom. The van der Waals surface area contributed by atoms with E-state index in [1.807, 2.05) is 43.3 Å². The minimum atomic E-state index is -0.0983. The Bertz CT molecular complexity index is 824. The zero-order valence-corrected chi connectivity index (χ0v) is 12.4. The summed E-state index contributed by atoms with van der Waals surface area (Å²) in [5.74, 6) is 0.625. The summed E-state index contributed by atoms with van der Waals surface area (Å²) in [7, 11) is 0. The van der Waals surface area contributed by atoms with Crippen LogP contribution in [0.15, 0.2) is 47.3 Å². The first-order valence-corrected chi connectivity index (χ1v) is 6.99. The van der Waals surface area contributed by atoms with Crippen LogP contribution in [0.1, 0.15) is 5.56 Å². The number of aromatic amines is 1. The average molecular weight is 362 g/mol. The summed E-state index contributed by atoms with van der Waals surface area (Å²) in [5.41, 5.74) is 2.72. The topological polar surface area (TPSA) is 45.8 Å². The summed E-state index contributed by atoms with van der Waals surface area (Å²) in [6.07, 6.45) is 0. The second-order valence-corrected chi connectivity index (χ2v) is 5.51. The van der Waals surface area contributed by atoms with Gasteiger partial charge in [-0.3, -0.25) is 4.79 Å². The highest BCUT2D eigenvalue weighted by Gasteiger charge is 2.09. The van der Waals surface area contributed by atoms with Gasteiger partial charge in [0.25, 0.3) is 5.56 Å². The third-order valence-corrected chi connectivity index (χ3v) is 4.30. The molecule has 0 fully saturated rings. The number of benzene rings is 2. The van der Waals surface area contributed by atoms with E-state index < -0.39 is 0 Å². The molecule has 3 nitrogen and oxygen atoms in total. The maximum Gasteiger partial charge on any atom is 0.259 e. The first-order valence-electron chi connectivity index (χ1n) is 5.91. The number of rotatable bonds is 1. The van der Waals surface area contributed by atoms with Gasteiger partial charge in [-0.05, 0) is 53.3 Å². The van der Waals surface area contributed by atoms with Gasteiger partial charge in [0, 0.05) is 9.13 Å². The van der Waals surface area contributed by atoms with Gasteiger partial charge in [-0.1, -0.05) is 24.3 Å². The van der Waals surface area contributed by atoms with Crippen molar-refractivity contribution < 1.29 is 0 Å². The third kappa shape index (κ3) is 2.16. The highest BCUT2D eigenvalue weighted by Crippen LogP contribution is 2.24. The molecule has 3 rings (SSSR count). The van der Waals surface area contributed by atoms with Gasteiger partial charge in [0.15, 0.2) is 0 Å². The minimum Gasteiger partial charge on any atom is -0.306 e. The number of para-hydroxylation sites is 1. The molecule has 1 heterocycles. The molecule has 0 atom stereocenters. The monoisotopic (exact) mass is 362 g/mol. The van der Waals surface area contributed by atoms with Crippen molar-refractivity contribution in [3.8, 4) is 11.4 Å². The molecule has 0 amide bonds. The van der Waals surface area contributed by atoms with Crippen molar-refractivity contribution >= 4 is 33.5 Å². The molecule has 1 N–H and O–H groups in total. The number of fused-ring (bicyclic) bond motifs is 1. The largest absolute Gasteiger partial charge is 0.306 e. The van der Waals surface area contributed by atoms with Gasteiger partial charge in [0.1, 0.15) is 5.82 Å². The van der Waals surface area contributed by atoms with Crippen molar-refractivity contribution in [2.75, 3.05) is 0 Å². The standard InChI is InChI=1S/C15H11IN2O/c1-9-10(6-4-7-12(9)16)14-17-13-8-3-2-5-11(13)15(19)18-14/h2-8H,1H3,(H,17,18,19). The van der Waals surface area contributed by atoms with E-state index >= 15 is 0 Å². The van der Waals surface area contributed by atoms with Crippen LogP contribution in [0.5, 0.6) is 0 Å². The van der Waals surface area contributed by atoms with Crippen LogP contribution < -0.4 is 5.56 Å². The van der Waals surface area contributed by atoms with E-state index in [1.165, 1.54) is 0 Å². The van der Waals surface area contributed by atoms with E-state index in [0.29, 0.717) is 11.2 Å². The van der Waals surface area contributed by atoms with Crippen LogP contribution in [0, 0.1) is 10.5 Å². The summed E-state index contributed by atoms with van der Waals surface area (Å²) >= 11 is 2.28. The molecule has 94 valence electrons. The molecular formula is C15H11IN2O. The molecule has 1 aromatic heterocycles. The molecule has 19 heavy (non-hydrogen) atoms. The number of halogens is 1. The SMILES string of the molecule is Cc1c(I)cccc1-c1nc2ccccc2c(=O)[nH]1. The zero-order chi connectivity index (χ0) is 13.4. The average Bonchev–Trinajstić information content (AvgIpc) is 2.42. The molecule has 0 saturated carbocycles. The Hall–Kier alpha value is -1.69. The van der Waals surface area contributed by atoms with Crippen molar-refractivity contribution in [2.45, 2.75) is 6.92 Å². The Kier molecular flexibility index (Phi) is 3.10. The maximum atomic E-state index is 12.1. The molecule has 0 aliphatic carbocycles. The smallest absolute Gasteiger partial charge is 0.259 e. The number of aromatic nitrogens is 2. The Morgan fingerprint density at radius 1 is 1.11 bits per heavy atom. The zero-order valence-electron chi connectivity index (χ0n) is 10.3. The van der Waals surface area contributed by atoms with Crippen LogP contribution in [-0.4, -0.2) is 9.97 Å². The van der Waals surface area contributed by atoms with E-state index in [0.717, 1.165) is 20.2 Å². The van der Waals surface area contributed by atoms with Crippen molar-refractivity contribution in [3.63, 3.8) is 0 Å². The van der Waals surface area contributed by atoms with Crippen LogP contribution in [0.4, 0.5) is 0 Å². The van der Waals surface area contributed by atoms with E-state index in [-0.39, 0.29) is 5.56 Å². The highest BCUT2D eigenvalue weighted by molar-refractivity contribution is 14.1. The molecule has 2 aromatic carbocycles. The first kappa shape index (κ1) is 12.3. The first-order chi connectivity index (χ1) is 9.16. The molecule has 0 unspecified atom stereocenters. The number of H-pyrrole nitrogens is 1. The van der Waals surface area contributed by atoms with Crippen molar-refractivity contribution in [3.05, 3.63) is 62.0 Å². The molecule has 0 aliphatic rings. The fourth-order valence-electron chi connectivity index (χ4n) is 2.08. The number of hydrogen-bond donors (Lipinski definition) is 1. The van der Waals surface area contributed by atoms with E-state index in [2.05, 4.69) is 32.6 Å². The number of nitrogens with one attached hydrogen (secondary N) is 1. The van der Waals surface area contributed by atoms with Crippen LogP contribution in [0.2, 0.25) is 0 Å². The molecule has 3 aromatic rings. The lowest BCUT2D eigenvalue weighted by molar-refractivity contribution is 1.17. The van der Waals surface area contributed by atoms with E-state index in [9.17, 15) is 4.79 Å². The van der Waals surface area contributed by atoms with E-state index in [4.69, 9.17) is 0 Å². The van der Waals surface area contributed by atoms with Gasteiger partial charge in [0.2, 0.25) is 0 Å². The molecular weight excluding hydrogens is 351 g/mol. The summed E-state index contributed by atoms with van der Waals surface area (Å²) in [6, 6.07) is 13.4. The van der Waals surface area contributed by atoms with Crippen molar-refractivity contribution in [2.24, 2.45) is 0 Å². The summed E-state index contributed by atoms with van der Waals surface area (Å²) in [4.78, 5) is 19.5. The Balaban J connectivity index is 2.32. The lowest BCUT2D eigenvalue weighted by Gasteiger charge is -2.07. The summed E-state index contributed by atoms with van der Waals surface area (Å²) < 4.78 is 1.16. The van der Waals surface area contributed by atoms with Crippen molar-refractivity contribution in [1.82, 2.24) is 9.97 Å². The minimum absolute atomic E-state index is 0.0983. The second-order valence-electron chi connectivity index (χ2n) is 4.34. The van der Waals surface area contributed by atoms with E-state index in [1.54, 1.807) is 6.07 Å². The van der Waals surface area contributed by atoms with Crippen LogP contribution in [0.3, 0.4) is 0 Å². The number of nitrogens with zero attached hydrogens (tertiary/aromatic N) is 1. The van der Waals surface area contributed by atoms with Gasteiger partial charge >= 0.3 is 0 Å². The quantitative estimate of drug-likeness (QED) is 0.674. The Morgan fingerprint density at radius 3 is 2.74 bits per heavy atom. The molecule has 0 spiro atoms. The summed E-state index contributed by atoms with van der Waals surface area (Å²) in [5, 5.41) is 0.620. The van der Waals surface area contributed by atoms with Gasteiger partial charge in [0.05, 0.1) is 10.9 Å². The number of hydrogen-bond acceptors (Lipinski definition) is 2. The predicted octanol–water partition coefficient (Wildman–Crippen LogP) is 3.50. The maximum absolute atomic E-state index is 12.1. The Labute approximate surface area is 123 Å². The van der Waals surface area contributed by atoms with Gasteiger partial charge < -0.3 is 4.98 Å². The lowest BCUT2D eigenvalue weighted by atomic mass is 10.1. The lowest BCUT2D eigenvalue weighted by Crippen LogP contribution is -2.09. The molecule has 4 heteroatoms. The van der Waals surface area contributed by atoms with Crippen LogP contribution in [-0.2, 0) is 0 Å². The van der Waals surface area contributed by atoms with Gasteiger partial charge in [-0.2, -0.15) is 0 Å². The van der Waals surface area contributed by atoms with Gasteiger partial charge in [-0.15, -0.1) is 0 Å². The van der Waals surface area contributed by atoms with Gasteiger partial charge in [-0.25, -0.2) is 4.98 Å². The normalized spacial score (nSPS) is 10.8. The fraction of sp³-hybridized carbons (Fsp3) is 0.0667. The second kappa shape index (κ2) is 4.77. The molecule has 0 saturated heterocycles. The third-order valence-electron chi connectivity index (χ3n) is 3.14. The highest BCUT2D eigenvalue weighted by atomic mass is 127. The molecule has 0 radical (unpaired) electrons. The van der Waals surface area contributed by atoms with Crippen LogP contribution >= 0.6 is 22.6 Å². The fourth-order valence-corrected chi connectivity index (χ4v) is 2.58. The van der Waals surface area contributed by atoms with Crippen LogP contribution in [0.25, 0.3) is 22.3 Å². The predicted molar refractivity (Wildman–Crippen MR) is 85.3 cm³/mol. The molecule has 0 bridgehead atoms. The summed E-state index contributed by atoms with van der Waals surface area (Å²) in [6.45, 7) is 2.03. The van der Waals surface area contributed by atoms with Crippen molar-refractivity contribution in [1.29, 1.82) is 0 Å². The molecule has 0 aliphatic heterocycles.